The van der Waals surface area contributed by atoms with E-state index in [9.17, 15) is 4.39 Å². The summed E-state index contributed by atoms with van der Waals surface area (Å²) < 4.78 is 19.1. The number of halogens is 1. The third-order valence-electron chi connectivity index (χ3n) is 3.86. The van der Waals surface area contributed by atoms with E-state index in [0.29, 0.717) is 0 Å². The van der Waals surface area contributed by atoms with E-state index in [1.165, 1.54) is 0 Å². The van der Waals surface area contributed by atoms with Gasteiger partial charge in [-0.25, -0.2) is 4.39 Å². The Hall–Kier alpha value is -2.35. The quantitative estimate of drug-likeness (QED) is 0.621. The highest BCUT2D eigenvalue weighted by Gasteiger charge is 2.15. The molecule has 0 aliphatic heterocycles. The number of ether oxygens (including phenoxy) is 1. The molecule has 0 aliphatic rings. The SMILES string of the molecule is COc1ccc2ccccc2c1-c1c(C)cc(F)cc1C. The third kappa shape index (κ3) is 2.27. The van der Waals surface area contributed by atoms with E-state index in [4.69, 9.17) is 4.74 Å². The average Bonchev–Trinajstić information content (AvgIpc) is 2.46. The Morgan fingerprint density at radius 3 is 2.19 bits per heavy atom. The molecule has 0 saturated heterocycles. The Balaban J connectivity index is 2.44. The van der Waals surface area contributed by atoms with Crippen LogP contribution in [0.2, 0.25) is 0 Å². The highest BCUT2D eigenvalue weighted by Crippen LogP contribution is 2.40. The standard InChI is InChI=1S/C19H17FO/c1-12-10-15(20)11-13(2)18(12)19-16-7-5-4-6-14(16)8-9-17(19)21-3/h4-11H,1-3H3. The number of fused-ring (bicyclic) bond motifs is 1. The zero-order chi connectivity index (χ0) is 15.0. The number of hydrogen-bond acceptors (Lipinski definition) is 1. The molecular formula is C19H17FO. The van der Waals surface area contributed by atoms with E-state index >= 15 is 0 Å². The minimum Gasteiger partial charge on any atom is -0.496 e. The van der Waals surface area contributed by atoms with Crippen LogP contribution in [0.25, 0.3) is 21.9 Å². The fourth-order valence-corrected chi connectivity index (χ4v) is 2.98. The van der Waals surface area contributed by atoms with Crippen molar-refractivity contribution >= 4 is 10.8 Å². The molecule has 0 N–H and O–H groups in total. The second kappa shape index (κ2) is 5.21. The van der Waals surface area contributed by atoms with Gasteiger partial charge in [0.25, 0.3) is 0 Å². The highest BCUT2D eigenvalue weighted by atomic mass is 19.1. The molecule has 0 fully saturated rings. The van der Waals surface area contributed by atoms with Gasteiger partial charge in [-0.05, 0) is 59.5 Å². The smallest absolute Gasteiger partial charge is 0.127 e. The Morgan fingerprint density at radius 1 is 0.857 bits per heavy atom. The molecule has 3 rings (SSSR count). The zero-order valence-corrected chi connectivity index (χ0v) is 12.4. The summed E-state index contributed by atoms with van der Waals surface area (Å²) in [5, 5.41) is 2.27. The summed E-state index contributed by atoms with van der Waals surface area (Å²) in [6, 6.07) is 15.4. The molecule has 0 spiro atoms. The van der Waals surface area contributed by atoms with E-state index in [1.807, 2.05) is 38.1 Å². The molecule has 0 unspecified atom stereocenters. The van der Waals surface area contributed by atoms with Crippen LogP contribution in [-0.4, -0.2) is 7.11 Å². The van der Waals surface area contributed by atoms with Gasteiger partial charge in [-0.3, -0.25) is 0 Å². The minimum atomic E-state index is -0.201. The number of hydrogen-bond donors (Lipinski definition) is 0. The third-order valence-corrected chi connectivity index (χ3v) is 3.86. The molecule has 0 saturated carbocycles. The predicted molar refractivity (Wildman–Crippen MR) is 85.4 cm³/mol. The molecule has 0 radical (unpaired) electrons. The Kier molecular flexibility index (Phi) is 3.38. The predicted octanol–water partition coefficient (Wildman–Crippen LogP) is 5.27. The summed E-state index contributed by atoms with van der Waals surface area (Å²) >= 11 is 0. The maximum Gasteiger partial charge on any atom is 0.127 e. The molecule has 0 amide bonds. The lowest BCUT2D eigenvalue weighted by molar-refractivity contribution is 0.417. The summed E-state index contributed by atoms with van der Waals surface area (Å²) in [4.78, 5) is 0. The van der Waals surface area contributed by atoms with Crippen LogP contribution < -0.4 is 4.74 Å². The molecule has 3 aromatic rings. The monoisotopic (exact) mass is 280 g/mol. The lowest BCUT2D eigenvalue weighted by Crippen LogP contribution is -1.95. The molecule has 0 atom stereocenters. The van der Waals surface area contributed by atoms with Crippen LogP contribution in [0.3, 0.4) is 0 Å². The van der Waals surface area contributed by atoms with Gasteiger partial charge in [0.2, 0.25) is 0 Å². The van der Waals surface area contributed by atoms with E-state index in [2.05, 4.69) is 12.1 Å². The minimum absolute atomic E-state index is 0.201. The summed E-state index contributed by atoms with van der Waals surface area (Å²) in [6.07, 6.45) is 0. The van der Waals surface area contributed by atoms with Crippen LogP contribution in [0.15, 0.2) is 48.5 Å². The molecule has 0 bridgehead atoms. The van der Waals surface area contributed by atoms with E-state index < -0.39 is 0 Å². The van der Waals surface area contributed by atoms with Crippen molar-refractivity contribution in [2.24, 2.45) is 0 Å². The fourth-order valence-electron chi connectivity index (χ4n) is 2.98. The zero-order valence-electron chi connectivity index (χ0n) is 12.4. The maximum absolute atomic E-state index is 13.6. The van der Waals surface area contributed by atoms with E-state index in [0.717, 1.165) is 38.8 Å². The molecule has 106 valence electrons. The number of rotatable bonds is 2. The largest absolute Gasteiger partial charge is 0.496 e. The normalized spacial score (nSPS) is 10.9. The fraction of sp³-hybridized carbons (Fsp3) is 0.158. The van der Waals surface area contributed by atoms with Crippen molar-refractivity contribution in [2.45, 2.75) is 13.8 Å². The highest BCUT2D eigenvalue weighted by molar-refractivity contribution is 6.01. The maximum atomic E-state index is 13.6. The van der Waals surface area contributed by atoms with Gasteiger partial charge < -0.3 is 4.74 Å². The number of benzene rings is 3. The van der Waals surface area contributed by atoms with Crippen LogP contribution >= 0.6 is 0 Å². The first-order chi connectivity index (χ1) is 10.1. The van der Waals surface area contributed by atoms with E-state index in [1.54, 1.807) is 19.2 Å². The Bertz CT molecular complexity index is 798. The van der Waals surface area contributed by atoms with Crippen molar-refractivity contribution in [3.05, 3.63) is 65.5 Å². The second-order valence-electron chi connectivity index (χ2n) is 5.28. The van der Waals surface area contributed by atoms with Gasteiger partial charge in [-0.2, -0.15) is 0 Å². The summed E-state index contributed by atoms with van der Waals surface area (Å²) in [7, 11) is 1.67. The van der Waals surface area contributed by atoms with Gasteiger partial charge in [0, 0.05) is 5.56 Å². The lowest BCUT2D eigenvalue weighted by Gasteiger charge is -2.17. The van der Waals surface area contributed by atoms with Gasteiger partial charge in [0.05, 0.1) is 7.11 Å². The van der Waals surface area contributed by atoms with Gasteiger partial charge in [0.15, 0.2) is 0 Å². The van der Waals surface area contributed by atoms with Crippen molar-refractivity contribution in [2.75, 3.05) is 7.11 Å². The first-order valence-electron chi connectivity index (χ1n) is 6.94. The van der Waals surface area contributed by atoms with Gasteiger partial charge >= 0.3 is 0 Å². The Labute approximate surface area is 124 Å². The van der Waals surface area contributed by atoms with Crippen LogP contribution in [-0.2, 0) is 0 Å². The van der Waals surface area contributed by atoms with Crippen molar-refractivity contribution in [3.63, 3.8) is 0 Å². The van der Waals surface area contributed by atoms with Crippen molar-refractivity contribution in [1.29, 1.82) is 0 Å². The van der Waals surface area contributed by atoms with Crippen molar-refractivity contribution < 1.29 is 9.13 Å². The topological polar surface area (TPSA) is 9.23 Å². The van der Waals surface area contributed by atoms with Gasteiger partial charge in [-0.15, -0.1) is 0 Å². The molecule has 1 nitrogen and oxygen atoms in total. The van der Waals surface area contributed by atoms with Crippen LogP contribution in [0.4, 0.5) is 4.39 Å². The number of aryl methyl sites for hydroxylation is 2. The molecular weight excluding hydrogens is 263 g/mol. The summed E-state index contributed by atoms with van der Waals surface area (Å²) in [6.45, 7) is 3.87. The Morgan fingerprint density at radius 2 is 1.52 bits per heavy atom. The number of methoxy groups -OCH3 is 1. The summed E-state index contributed by atoms with van der Waals surface area (Å²) in [5.41, 5.74) is 3.92. The van der Waals surface area contributed by atoms with Crippen LogP contribution in [0, 0.1) is 19.7 Å². The van der Waals surface area contributed by atoms with Gasteiger partial charge in [0.1, 0.15) is 11.6 Å². The van der Waals surface area contributed by atoms with E-state index in [-0.39, 0.29) is 5.82 Å². The molecule has 3 aromatic carbocycles. The molecule has 21 heavy (non-hydrogen) atoms. The van der Waals surface area contributed by atoms with Gasteiger partial charge in [-0.1, -0.05) is 30.3 Å². The summed E-state index contributed by atoms with van der Waals surface area (Å²) in [5.74, 6) is 0.611. The van der Waals surface area contributed by atoms with Crippen LogP contribution in [0.5, 0.6) is 5.75 Å². The first-order valence-corrected chi connectivity index (χ1v) is 6.94. The molecule has 0 aliphatic carbocycles. The first kappa shape index (κ1) is 13.6. The van der Waals surface area contributed by atoms with Crippen LogP contribution in [0.1, 0.15) is 11.1 Å². The lowest BCUT2D eigenvalue weighted by atomic mass is 9.91. The molecule has 2 heteroatoms. The molecule has 0 heterocycles. The average molecular weight is 280 g/mol. The molecule has 0 aromatic heterocycles. The second-order valence-corrected chi connectivity index (χ2v) is 5.28. The van der Waals surface area contributed by atoms with Crippen molar-refractivity contribution in [3.8, 4) is 16.9 Å². The van der Waals surface area contributed by atoms with Crippen molar-refractivity contribution in [1.82, 2.24) is 0 Å².